The summed E-state index contributed by atoms with van der Waals surface area (Å²) < 4.78 is 1.12. The Morgan fingerprint density at radius 2 is 1.89 bits per heavy atom. The van der Waals surface area contributed by atoms with Crippen LogP contribution in [-0.4, -0.2) is 13.1 Å². The van der Waals surface area contributed by atoms with Crippen LogP contribution in [0.25, 0.3) is 0 Å². The lowest BCUT2D eigenvalue weighted by molar-refractivity contribution is 0.556. The number of benzene rings is 2. The molecule has 0 aliphatic heterocycles. The van der Waals surface area contributed by atoms with Crippen molar-refractivity contribution in [2.75, 3.05) is 7.05 Å². The molecule has 1 nitrogen and oxygen atoms in total. The maximum Gasteiger partial charge on any atom is 0.0438 e. The Morgan fingerprint density at radius 3 is 2.58 bits per heavy atom. The van der Waals surface area contributed by atoms with E-state index in [0.717, 1.165) is 22.3 Å². The lowest BCUT2D eigenvalue weighted by atomic mass is 9.99. The number of halogens is 2. The van der Waals surface area contributed by atoms with E-state index < -0.39 is 0 Å². The third-order valence-corrected chi connectivity index (χ3v) is 4.07. The maximum absolute atomic E-state index is 6.22. The molecule has 2 aromatic carbocycles. The van der Waals surface area contributed by atoms with Crippen LogP contribution < -0.4 is 5.32 Å². The van der Waals surface area contributed by atoms with E-state index in [4.69, 9.17) is 11.6 Å². The largest absolute Gasteiger partial charge is 0.316 e. The fourth-order valence-electron chi connectivity index (χ4n) is 2.15. The summed E-state index contributed by atoms with van der Waals surface area (Å²) in [4.78, 5) is 0. The molecule has 0 saturated carbocycles. The van der Waals surface area contributed by atoms with Gasteiger partial charge in [0.05, 0.1) is 0 Å². The number of nitrogens with one attached hydrogen (secondary N) is 1. The van der Waals surface area contributed by atoms with Gasteiger partial charge >= 0.3 is 0 Å². The van der Waals surface area contributed by atoms with Gasteiger partial charge in [0.2, 0.25) is 0 Å². The summed E-state index contributed by atoms with van der Waals surface area (Å²) in [6.07, 6.45) is 1.92. The van der Waals surface area contributed by atoms with Crippen LogP contribution >= 0.6 is 27.5 Å². The van der Waals surface area contributed by atoms with E-state index in [1.807, 2.05) is 31.3 Å². The highest BCUT2D eigenvalue weighted by atomic mass is 79.9. The summed E-state index contributed by atoms with van der Waals surface area (Å²) in [5.41, 5.74) is 2.51. The molecule has 0 fully saturated rings. The minimum atomic E-state index is 0.384. The van der Waals surface area contributed by atoms with Gasteiger partial charge in [-0.25, -0.2) is 0 Å². The van der Waals surface area contributed by atoms with Crippen molar-refractivity contribution in [3.05, 3.63) is 69.2 Å². The molecule has 2 rings (SSSR count). The molecular formula is C16H17BrClN. The van der Waals surface area contributed by atoms with Gasteiger partial charge < -0.3 is 5.32 Å². The van der Waals surface area contributed by atoms with Gasteiger partial charge in [-0.2, -0.15) is 0 Å². The second-order valence-electron chi connectivity index (χ2n) is 4.62. The minimum absolute atomic E-state index is 0.384. The minimum Gasteiger partial charge on any atom is -0.316 e. The lowest BCUT2D eigenvalue weighted by Crippen LogP contribution is -2.30. The van der Waals surface area contributed by atoms with Crippen LogP contribution in [0.1, 0.15) is 11.1 Å². The van der Waals surface area contributed by atoms with Crippen LogP contribution in [0.5, 0.6) is 0 Å². The molecule has 0 spiro atoms. The highest BCUT2D eigenvalue weighted by Crippen LogP contribution is 2.19. The van der Waals surface area contributed by atoms with Crippen molar-refractivity contribution in [1.29, 1.82) is 0 Å². The molecular weight excluding hydrogens is 322 g/mol. The first kappa shape index (κ1) is 14.6. The van der Waals surface area contributed by atoms with Crippen LogP contribution in [0.2, 0.25) is 5.02 Å². The van der Waals surface area contributed by atoms with E-state index in [1.54, 1.807) is 0 Å². The second-order valence-corrected chi connectivity index (χ2v) is 5.94. The van der Waals surface area contributed by atoms with Crippen molar-refractivity contribution in [2.45, 2.75) is 18.9 Å². The summed E-state index contributed by atoms with van der Waals surface area (Å²) in [6, 6.07) is 16.9. The average Bonchev–Trinajstić information content (AvgIpc) is 2.40. The van der Waals surface area contributed by atoms with E-state index in [0.29, 0.717) is 6.04 Å². The first-order valence-electron chi connectivity index (χ1n) is 6.34. The van der Waals surface area contributed by atoms with Crippen LogP contribution in [0.4, 0.5) is 0 Å². The molecule has 0 aliphatic carbocycles. The summed E-state index contributed by atoms with van der Waals surface area (Å²) in [5.74, 6) is 0. The van der Waals surface area contributed by atoms with Gasteiger partial charge in [-0.05, 0) is 49.2 Å². The van der Waals surface area contributed by atoms with Crippen LogP contribution in [-0.2, 0) is 12.8 Å². The normalized spacial score (nSPS) is 12.4. The first-order chi connectivity index (χ1) is 9.19. The fourth-order valence-corrected chi connectivity index (χ4v) is 2.81. The molecule has 1 unspecified atom stereocenters. The molecule has 0 amide bonds. The molecule has 0 bridgehead atoms. The van der Waals surface area contributed by atoms with E-state index in [9.17, 15) is 0 Å². The van der Waals surface area contributed by atoms with Gasteiger partial charge in [0, 0.05) is 15.5 Å². The third-order valence-electron chi connectivity index (χ3n) is 3.20. The molecule has 0 aromatic heterocycles. The van der Waals surface area contributed by atoms with Gasteiger partial charge in [-0.1, -0.05) is 57.9 Å². The number of hydrogen-bond donors (Lipinski definition) is 1. The third kappa shape index (κ3) is 4.34. The summed E-state index contributed by atoms with van der Waals surface area (Å²) in [6.45, 7) is 0. The van der Waals surface area contributed by atoms with Crippen LogP contribution in [0.15, 0.2) is 53.0 Å². The number of hydrogen-bond acceptors (Lipinski definition) is 1. The predicted octanol–water partition coefficient (Wildman–Crippen LogP) is 4.48. The number of likely N-dealkylation sites (N-methyl/N-ethyl adjacent to an activating group) is 1. The van der Waals surface area contributed by atoms with Crippen molar-refractivity contribution in [3.8, 4) is 0 Å². The Hall–Kier alpha value is -0.830. The molecule has 0 aliphatic rings. The van der Waals surface area contributed by atoms with Gasteiger partial charge in [-0.15, -0.1) is 0 Å². The molecule has 19 heavy (non-hydrogen) atoms. The SMILES string of the molecule is CNC(Cc1cccc(Br)c1)Cc1ccccc1Cl. The Labute approximate surface area is 128 Å². The van der Waals surface area contributed by atoms with Gasteiger partial charge in [0.25, 0.3) is 0 Å². The topological polar surface area (TPSA) is 12.0 Å². The molecule has 0 radical (unpaired) electrons. The summed E-state index contributed by atoms with van der Waals surface area (Å²) in [7, 11) is 2.00. The zero-order valence-corrected chi connectivity index (χ0v) is 13.2. The first-order valence-corrected chi connectivity index (χ1v) is 7.51. The van der Waals surface area contributed by atoms with Crippen molar-refractivity contribution in [3.63, 3.8) is 0 Å². The molecule has 0 heterocycles. The van der Waals surface area contributed by atoms with E-state index in [1.165, 1.54) is 11.1 Å². The van der Waals surface area contributed by atoms with E-state index in [-0.39, 0.29) is 0 Å². The van der Waals surface area contributed by atoms with E-state index in [2.05, 4.69) is 45.5 Å². The second kappa shape index (κ2) is 7.09. The standard InChI is InChI=1S/C16H17BrClN/c1-19-15(10-12-5-4-7-14(17)9-12)11-13-6-2-3-8-16(13)18/h2-9,15,19H,10-11H2,1H3. The Balaban J connectivity index is 2.07. The molecule has 1 N–H and O–H groups in total. The van der Waals surface area contributed by atoms with Crippen molar-refractivity contribution < 1.29 is 0 Å². The van der Waals surface area contributed by atoms with Crippen LogP contribution in [0.3, 0.4) is 0 Å². The number of rotatable bonds is 5. The molecule has 100 valence electrons. The fraction of sp³-hybridized carbons (Fsp3) is 0.250. The zero-order valence-electron chi connectivity index (χ0n) is 10.9. The Bertz CT molecular complexity index is 542. The summed E-state index contributed by atoms with van der Waals surface area (Å²) in [5, 5.41) is 4.22. The quantitative estimate of drug-likeness (QED) is 0.848. The molecule has 2 aromatic rings. The highest BCUT2D eigenvalue weighted by molar-refractivity contribution is 9.10. The zero-order chi connectivity index (χ0) is 13.7. The van der Waals surface area contributed by atoms with E-state index >= 15 is 0 Å². The maximum atomic E-state index is 6.22. The van der Waals surface area contributed by atoms with Gasteiger partial charge in [0.1, 0.15) is 0 Å². The highest BCUT2D eigenvalue weighted by Gasteiger charge is 2.10. The van der Waals surface area contributed by atoms with Crippen LogP contribution in [0, 0.1) is 0 Å². The predicted molar refractivity (Wildman–Crippen MR) is 85.8 cm³/mol. The van der Waals surface area contributed by atoms with Crippen molar-refractivity contribution >= 4 is 27.5 Å². The molecule has 0 saturated heterocycles. The Kier molecular flexibility index (Phi) is 5.44. The van der Waals surface area contributed by atoms with Gasteiger partial charge in [-0.3, -0.25) is 0 Å². The Morgan fingerprint density at radius 1 is 1.11 bits per heavy atom. The average molecular weight is 339 g/mol. The van der Waals surface area contributed by atoms with Gasteiger partial charge in [0.15, 0.2) is 0 Å². The lowest BCUT2D eigenvalue weighted by Gasteiger charge is -2.17. The summed E-state index contributed by atoms with van der Waals surface area (Å²) >= 11 is 9.73. The molecule has 3 heteroatoms. The molecule has 1 atom stereocenters. The van der Waals surface area contributed by atoms with Crippen molar-refractivity contribution in [2.24, 2.45) is 0 Å². The monoisotopic (exact) mass is 337 g/mol. The van der Waals surface area contributed by atoms with Crippen molar-refractivity contribution in [1.82, 2.24) is 5.32 Å². The smallest absolute Gasteiger partial charge is 0.0438 e.